The van der Waals surface area contributed by atoms with Gasteiger partial charge in [-0.3, -0.25) is 0 Å². The van der Waals surface area contributed by atoms with Crippen LogP contribution in [0.15, 0.2) is 30.3 Å². The van der Waals surface area contributed by atoms with Crippen molar-refractivity contribution in [2.75, 3.05) is 26.1 Å². The Labute approximate surface area is 205 Å². The largest absolute Gasteiger partial charge is 0.496 e. The van der Waals surface area contributed by atoms with Crippen LogP contribution in [0.25, 0.3) is 11.3 Å². The molecule has 1 aliphatic carbocycles. The zero-order valence-corrected chi connectivity index (χ0v) is 21.2. The molecule has 1 saturated carbocycles. The highest BCUT2D eigenvalue weighted by atomic mass is 32.1. The number of hydrogen-bond donors (Lipinski definition) is 1. The maximum atomic E-state index is 14.1. The number of thiazole rings is 1. The van der Waals surface area contributed by atoms with E-state index in [-0.39, 0.29) is 11.7 Å². The molecule has 1 heterocycles. The third kappa shape index (κ3) is 5.53. The van der Waals surface area contributed by atoms with Crippen molar-refractivity contribution < 1.29 is 13.9 Å². The molecule has 178 valence electrons. The van der Waals surface area contributed by atoms with Crippen molar-refractivity contribution in [3.8, 4) is 34.6 Å². The first-order valence-electron chi connectivity index (χ1n) is 11.6. The molecule has 0 saturated heterocycles. The van der Waals surface area contributed by atoms with E-state index in [1.165, 1.54) is 12.8 Å². The molecule has 0 unspecified atom stereocenters. The van der Waals surface area contributed by atoms with Crippen LogP contribution in [0, 0.1) is 44.3 Å². The van der Waals surface area contributed by atoms with Gasteiger partial charge in [-0.2, -0.15) is 0 Å². The molecular weight excluding hydrogens is 447 g/mol. The van der Waals surface area contributed by atoms with E-state index >= 15 is 0 Å². The summed E-state index contributed by atoms with van der Waals surface area (Å²) in [5.41, 5.74) is 4.50. The monoisotopic (exact) mass is 478 g/mol. The van der Waals surface area contributed by atoms with Crippen molar-refractivity contribution in [2.45, 2.75) is 46.0 Å². The number of benzene rings is 2. The maximum absolute atomic E-state index is 14.1. The minimum absolute atomic E-state index is 0.0597. The van der Waals surface area contributed by atoms with Gasteiger partial charge in [0.1, 0.15) is 17.3 Å². The number of nitrogens with zero attached hydrogens (tertiary/aromatic N) is 1. The number of rotatable bonds is 8. The minimum Gasteiger partial charge on any atom is -0.496 e. The standard InChI is InChI=1S/C28H31FN2O2S/c1-17-8-11-22(15-24(17)29)21(14-20-9-10-20)7-6-12-30-28-31-27(19(3)34-28)23-13-18(2)25(32-4)16-26(23)33-5/h8,11,13,15-16,20-21H,9-10,12,14H2,1-5H3,(H,30,31)/t21-/m0/s1. The Morgan fingerprint density at radius 1 is 1.09 bits per heavy atom. The first-order valence-corrected chi connectivity index (χ1v) is 12.4. The third-order valence-corrected chi connectivity index (χ3v) is 7.17. The molecule has 1 atom stereocenters. The Kier molecular flexibility index (Phi) is 7.43. The first-order chi connectivity index (χ1) is 16.4. The van der Waals surface area contributed by atoms with Gasteiger partial charge in [0.15, 0.2) is 5.13 Å². The van der Waals surface area contributed by atoms with Crippen LogP contribution in [0.3, 0.4) is 0 Å². The van der Waals surface area contributed by atoms with Gasteiger partial charge in [-0.05, 0) is 61.9 Å². The number of halogens is 1. The van der Waals surface area contributed by atoms with Gasteiger partial charge in [0, 0.05) is 22.4 Å². The number of aromatic nitrogens is 1. The van der Waals surface area contributed by atoms with Crippen molar-refractivity contribution >= 4 is 16.5 Å². The van der Waals surface area contributed by atoms with Crippen LogP contribution in [0.2, 0.25) is 0 Å². The summed E-state index contributed by atoms with van der Waals surface area (Å²) in [6.45, 7) is 6.34. The molecule has 0 bridgehead atoms. The van der Waals surface area contributed by atoms with Crippen molar-refractivity contribution in [3.05, 3.63) is 57.7 Å². The average Bonchev–Trinajstić information content (AvgIpc) is 3.57. The van der Waals surface area contributed by atoms with E-state index in [2.05, 4.69) is 24.1 Å². The maximum Gasteiger partial charge on any atom is 0.184 e. The molecule has 4 rings (SSSR count). The summed E-state index contributed by atoms with van der Waals surface area (Å²) in [4.78, 5) is 5.91. The lowest BCUT2D eigenvalue weighted by atomic mass is 9.93. The second-order valence-corrected chi connectivity index (χ2v) is 10.1. The first kappa shape index (κ1) is 24.1. The molecule has 0 spiro atoms. The number of methoxy groups -OCH3 is 2. The summed E-state index contributed by atoms with van der Waals surface area (Å²) in [5, 5.41) is 4.16. The Bertz CT molecular complexity index is 1240. The Hall–Kier alpha value is -3.04. The molecule has 1 fully saturated rings. The Morgan fingerprint density at radius 2 is 1.85 bits per heavy atom. The lowest BCUT2D eigenvalue weighted by Gasteiger charge is -2.12. The van der Waals surface area contributed by atoms with E-state index in [1.807, 2.05) is 31.2 Å². The summed E-state index contributed by atoms with van der Waals surface area (Å²) >= 11 is 1.60. The summed E-state index contributed by atoms with van der Waals surface area (Å²) in [7, 11) is 3.31. The van der Waals surface area contributed by atoms with E-state index < -0.39 is 0 Å². The van der Waals surface area contributed by atoms with Crippen molar-refractivity contribution in [1.29, 1.82) is 0 Å². The van der Waals surface area contributed by atoms with E-state index in [9.17, 15) is 4.39 Å². The second-order valence-electron chi connectivity index (χ2n) is 8.86. The van der Waals surface area contributed by atoms with Gasteiger partial charge in [-0.15, -0.1) is 11.3 Å². The Morgan fingerprint density at radius 3 is 2.53 bits per heavy atom. The number of nitrogens with one attached hydrogen (secondary N) is 1. The van der Waals surface area contributed by atoms with E-state index in [4.69, 9.17) is 14.5 Å². The molecule has 34 heavy (non-hydrogen) atoms. The highest BCUT2D eigenvalue weighted by Crippen LogP contribution is 2.40. The molecule has 4 nitrogen and oxygen atoms in total. The zero-order chi connectivity index (χ0) is 24.2. The smallest absolute Gasteiger partial charge is 0.184 e. The molecule has 1 aliphatic rings. The van der Waals surface area contributed by atoms with Gasteiger partial charge >= 0.3 is 0 Å². The fourth-order valence-electron chi connectivity index (χ4n) is 4.05. The van der Waals surface area contributed by atoms with Gasteiger partial charge in [-0.25, -0.2) is 9.37 Å². The van der Waals surface area contributed by atoms with Crippen molar-refractivity contribution in [1.82, 2.24) is 4.98 Å². The molecule has 0 aliphatic heterocycles. The van der Waals surface area contributed by atoms with Crippen molar-refractivity contribution in [2.24, 2.45) is 5.92 Å². The van der Waals surface area contributed by atoms with Crippen LogP contribution >= 0.6 is 11.3 Å². The quantitative estimate of drug-likeness (QED) is 0.358. The van der Waals surface area contributed by atoms with Crippen LogP contribution in [-0.4, -0.2) is 25.7 Å². The number of hydrogen-bond acceptors (Lipinski definition) is 5. The number of anilines is 1. The molecular formula is C28H31FN2O2S. The van der Waals surface area contributed by atoms with E-state index in [0.29, 0.717) is 18.0 Å². The zero-order valence-electron chi connectivity index (χ0n) is 20.4. The predicted molar refractivity (Wildman–Crippen MR) is 138 cm³/mol. The molecule has 6 heteroatoms. The minimum atomic E-state index is -0.159. The number of ether oxygens (including phenoxy) is 2. The fraction of sp³-hybridized carbons (Fsp3) is 0.393. The highest BCUT2D eigenvalue weighted by molar-refractivity contribution is 7.16. The van der Waals surface area contributed by atoms with Gasteiger partial charge in [0.25, 0.3) is 0 Å². The van der Waals surface area contributed by atoms with Crippen LogP contribution in [0.5, 0.6) is 11.5 Å². The van der Waals surface area contributed by atoms with E-state index in [0.717, 1.165) is 50.3 Å². The molecule has 0 amide bonds. The lowest BCUT2D eigenvalue weighted by Crippen LogP contribution is -2.02. The van der Waals surface area contributed by atoms with Gasteiger partial charge < -0.3 is 14.8 Å². The third-order valence-electron chi connectivity index (χ3n) is 6.24. The van der Waals surface area contributed by atoms with Crippen LogP contribution in [0.4, 0.5) is 9.52 Å². The summed E-state index contributed by atoms with van der Waals surface area (Å²) in [6, 6.07) is 9.45. The molecule has 3 aromatic rings. The molecule has 1 N–H and O–H groups in total. The molecule has 1 aromatic heterocycles. The lowest BCUT2D eigenvalue weighted by molar-refractivity contribution is 0.393. The second kappa shape index (κ2) is 10.5. The normalized spacial score (nSPS) is 13.7. The summed E-state index contributed by atoms with van der Waals surface area (Å²) < 4.78 is 25.1. The number of aryl methyl sites for hydroxylation is 3. The molecule has 0 radical (unpaired) electrons. The predicted octanol–water partition coefficient (Wildman–Crippen LogP) is 6.89. The van der Waals surface area contributed by atoms with Crippen LogP contribution in [-0.2, 0) is 0 Å². The van der Waals surface area contributed by atoms with Gasteiger partial charge in [-0.1, -0.05) is 36.8 Å². The summed E-state index contributed by atoms with van der Waals surface area (Å²) in [6.07, 6.45) is 3.49. The van der Waals surface area contributed by atoms with Gasteiger partial charge in [0.05, 0.1) is 26.5 Å². The molecule has 2 aromatic carbocycles. The average molecular weight is 479 g/mol. The van der Waals surface area contributed by atoms with Crippen LogP contribution in [0.1, 0.15) is 46.7 Å². The fourth-order valence-corrected chi connectivity index (χ4v) is 4.87. The Balaban J connectivity index is 1.48. The topological polar surface area (TPSA) is 43.4 Å². The highest BCUT2D eigenvalue weighted by Gasteiger charge is 2.25. The summed E-state index contributed by atoms with van der Waals surface area (Å²) in [5.74, 6) is 8.77. The van der Waals surface area contributed by atoms with Crippen molar-refractivity contribution in [3.63, 3.8) is 0 Å². The van der Waals surface area contributed by atoms with Crippen LogP contribution < -0.4 is 14.8 Å². The SMILES string of the molecule is COc1cc(OC)c(-c2nc(NCC#C[C@@H](CC3CC3)c3ccc(C)c(F)c3)sc2C)cc1C. The van der Waals surface area contributed by atoms with Gasteiger partial charge in [0.2, 0.25) is 0 Å². The van der Waals surface area contributed by atoms with E-state index in [1.54, 1.807) is 38.5 Å².